The molecule has 0 saturated carbocycles. The van der Waals surface area contributed by atoms with Gasteiger partial charge in [0, 0.05) is 0 Å². The molecule has 0 aromatic heterocycles. The van der Waals surface area contributed by atoms with Crippen molar-refractivity contribution < 1.29 is 11.3 Å². The molecule has 1 rings (SSSR count). The van der Waals surface area contributed by atoms with Crippen LogP contribution in [0.1, 0.15) is 0 Å². The van der Waals surface area contributed by atoms with Crippen molar-refractivity contribution in [1.82, 2.24) is 0 Å². The van der Waals surface area contributed by atoms with E-state index in [2.05, 4.69) is 26.3 Å². The van der Waals surface area contributed by atoms with Crippen LogP contribution in [-0.4, -0.2) is 45.3 Å². The van der Waals surface area contributed by atoms with Crippen molar-refractivity contribution in [1.29, 1.82) is 0 Å². The van der Waals surface area contributed by atoms with Gasteiger partial charge in [-0.05, 0) is 0 Å². The Kier molecular flexibility index (Phi) is 8.56. The number of hydrogen-bond acceptors (Lipinski definition) is 4. The summed E-state index contributed by atoms with van der Waals surface area (Å²) in [6.07, 6.45) is 5.66. The molecule has 0 aliphatic heterocycles. The summed E-state index contributed by atoms with van der Waals surface area (Å²) < 4.78 is 23.9. The monoisotopic (exact) mass is 666 g/mol. The summed E-state index contributed by atoms with van der Waals surface area (Å²) in [5.41, 5.74) is 0. The van der Waals surface area contributed by atoms with Crippen LogP contribution in [0, 0.1) is 0 Å². The van der Waals surface area contributed by atoms with Gasteiger partial charge in [0.2, 0.25) is 0 Å². The van der Waals surface area contributed by atoms with E-state index >= 15 is 0 Å². The van der Waals surface area contributed by atoms with Gasteiger partial charge < -0.3 is 0 Å². The van der Waals surface area contributed by atoms with Crippen molar-refractivity contribution in [3.63, 3.8) is 0 Å². The summed E-state index contributed by atoms with van der Waals surface area (Å²) >= 11 is -5.38. The molecule has 20 heavy (non-hydrogen) atoms. The molecule has 0 amide bonds. The van der Waals surface area contributed by atoms with Gasteiger partial charge in [-0.25, -0.2) is 0 Å². The third-order valence-corrected chi connectivity index (χ3v) is 12.8. The second-order valence-electron chi connectivity index (χ2n) is 3.12. The molecule has 0 radical (unpaired) electrons. The van der Waals surface area contributed by atoms with E-state index in [-0.39, 0.29) is 0 Å². The van der Waals surface area contributed by atoms with E-state index in [1.807, 2.05) is 24.3 Å². The van der Waals surface area contributed by atoms with E-state index in [4.69, 9.17) is 11.3 Å². The molecular weight excluding hydrogens is 650 g/mol. The van der Waals surface area contributed by atoms with Gasteiger partial charge in [0.25, 0.3) is 0 Å². The Balaban J connectivity index is 2.89. The predicted octanol–water partition coefficient (Wildman–Crippen LogP) is 1.72. The predicted molar refractivity (Wildman–Crippen MR) is 82.3 cm³/mol. The Bertz CT molecular complexity index is 396. The molecule has 0 atom stereocenters. The molecule has 4 nitrogen and oxygen atoms in total. The molecule has 0 unspecified atom stereocenters. The third-order valence-electron chi connectivity index (χ3n) is 1.95. The van der Waals surface area contributed by atoms with E-state index < -0.39 is 45.3 Å². The average Bonchev–Trinajstić information content (AvgIpc) is 2.47. The van der Waals surface area contributed by atoms with E-state index in [9.17, 15) is 0 Å². The minimum atomic E-state index is -2.69. The molecule has 0 N–H and O–H groups in total. The van der Waals surface area contributed by atoms with E-state index in [0.717, 1.165) is 6.54 Å². The first-order chi connectivity index (χ1) is 9.76. The molecule has 106 valence electrons. The Morgan fingerprint density at radius 3 is 1.05 bits per heavy atom. The van der Waals surface area contributed by atoms with Crippen LogP contribution in [0.5, 0.6) is 0 Å². The first-order valence-corrected chi connectivity index (χ1v) is 14.7. The van der Waals surface area contributed by atoms with Crippen molar-refractivity contribution in [3.05, 3.63) is 75.6 Å². The summed E-state index contributed by atoms with van der Waals surface area (Å²) in [7, 11) is 0. The molecular formula is C14H16Bi2O4. The zero-order valence-electron chi connectivity index (χ0n) is 11.0. The molecule has 0 heterocycles. The molecule has 0 spiro atoms. The molecule has 1 aromatic rings. The molecule has 6 heteroatoms. The standard InChI is InChI=1S/C6H4.4C2H4O.2Bi/c1-2-4-6-5-3-1;4*1-2-3;;/h1-2,5-6H;4*2-3H,1H2;;/q;;;;;2*+2/p-4. The van der Waals surface area contributed by atoms with Gasteiger partial charge in [-0.3, -0.25) is 0 Å². The van der Waals surface area contributed by atoms with Crippen molar-refractivity contribution >= 4 is 51.8 Å². The molecule has 0 fully saturated rings. The summed E-state index contributed by atoms with van der Waals surface area (Å²) in [5.74, 6) is 0. The number of hydrogen-bond donors (Lipinski definition) is 0. The van der Waals surface area contributed by atoms with Crippen LogP contribution in [0.25, 0.3) is 0 Å². The van der Waals surface area contributed by atoms with Crippen LogP contribution < -0.4 is 6.54 Å². The molecule has 1 aromatic carbocycles. The Morgan fingerprint density at radius 1 is 0.600 bits per heavy atom. The van der Waals surface area contributed by atoms with E-state index in [0.29, 0.717) is 0 Å². The number of benzene rings is 1. The summed E-state index contributed by atoms with van der Waals surface area (Å²) in [6, 6.07) is 7.89. The fourth-order valence-electron chi connectivity index (χ4n) is 1.26. The zero-order valence-corrected chi connectivity index (χ0v) is 17.9. The van der Waals surface area contributed by atoms with E-state index in [1.54, 1.807) is 0 Å². The molecule has 0 bridgehead atoms. The SMILES string of the molecule is C=C[O][Bi]([O]C=C)[c]1cc[c]([Bi]([O]C=C)[O]C=C)cc1. The second kappa shape index (κ2) is 9.96. The summed E-state index contributed by atoms with van der Waals surface area (Å²) in [4.78, 5) is 0. The van der Waals surface area contributed by atoms with Gasteiger partial charge in [-0.1, -0.05) is 0 Å². The molecule has 0 aliphatic carbocycles. The van der Waals surface area contributed by atoms with Crippen molar-refractivity contribution in [2.75, 3.05) is 0 Å². The van der Waals surface area contributed by atoms with Crippen molar-refractivity contribution in [3.8, 4) is 0 Å². The Hall–Kier alpha value is -0.854. The zero-order chi connectivity index (χ0) is 14.8. The number of rotatable bonds is 10. The van der Waals surface area contributed by atoms with Gasteiger partial charge in [-0.2, -0.15) is 0 Å². The fourth-order valence-corrected chi connectivity index (χ4v) is 8.70. The van der Waals surface area contributed by atoms with Gasteiger partial charge in [0.1, 0.15) is 0 Å². The fraction of sp³-hybridized carbons (Fsp3) is 0. The third kappa shape index (κ3) is 5.26. The Labute approximate surface area is 137 Å². The normalized spacial score (nSPS) is 9.70. The van der Waals surface area contributed by atoms with Crippen LogP contribution in [0.2, 0.25) is 0 Å². The van der Waals surface area contributed by atoms with Crippen LogP contribution in [0.4, 0.5) is 0 Å². The topological polar surface area (TPSA) is 36.9 Å². The van der Waals surface area contributed by atoms with E-state index in [1.165, 1.54) is 25.0 Å². The molecule has 0 saturated heterocycles. The van der Waals surface area contributed by atoms with Gasteiger partial charge >= 0.3 is 139 Å². The maximum atomic E-state index is 5.46. The second-order valence-corrected chi connectivity index (χ2v) is 14.4. The first kappa shape index (κ1) is 17.2. The summed E-state index contributed by atoms with van der Waals surface area (Å²) in [5, 5.41) is 0. The van der Waals surface area contributed by atoms with Gasteiger partial charge in [0.05, 0.1) is 0 Å². The van der Waals surface area contributed by atoms with Crippen LogP contribution >= 0.6 is 0 Å². The van der Waals surface area contributed by atoms with Crippen LogP contribution in [0.3, 0.4) is 0 Å². The average molecular weight is 666 g/mol. The maximum absolute atomic E-state index is 5.46. The minimum absolute atomic E-state index is 1.05. The van der Waals surface area contributed by atoms with Gasteiger partial charge in [-0.15, -0.1) is 0 Å². The first-order valence-electron chi connectivity index (χ1n) is 5.57. The van der Waals surface area contributed by atoms with Crippen LogP contribution in [0.15, 0.2) is 75.6 Å². The quantitative estimate of drug-likeness (QED) is 0.282. The van der Waals surface area contributed by atoms with Crippen LogP contribution in [-0.2, 0) is 11.3 Å². The van der Waals surface area contributed by atoms with Gasteiger partial charge in [0.15, 0.2) is 0 Å². The summed E-state index contributed by atoms with van der Waals surface area (Å²) in [6.45, 7) is 14.3. The Morgan fingerprint density at radius 2 is 0.850 bits per heavy atom. The van der Waals surface area contributed by atoms with Crippen molar-refractivity contribution in [2.45, 2.75) is 0 Å². The molecule has 0 aliphatic rings. The van der Waals surface area contributed by atoms with Crippen molar-refractivity contribution in [2.24, 2.45) is 0 Å².